The third-order valence-corrected chi connectivity index (χ3v) is 2.74. The molecule has 0 radical (unpaired) electrons. The zero-order chi connectivity index (χ0) is 16.2. The summed E-state index contributed by atoms with van der Waals surface area (Å²) in [6.45, 7) is 5.28. The molecule has 2 aromatic rings. The van der Waals surface area contributed by atoms with E-state index in [4.69, 9.17) is 9.47 Å². The van der Waals surface area contributed by atoms with Crippen LogP contribution in [0.3, 0.4) is 0 Å². The van der Waals surface area contributed by atoms with Crippen molar-refractivity contribution in [1.29, 1.82) is 0 Å². The van der Waals surface area contributed by atoms with Crippen LogP contribution in [0.25, 0.3) is 0 Å². The van der Waals surface area contributed by atoms with Gasteiger partial charge in [0.25, 0.3) is 0 Å². The van der Waals surface area contributed by atoms with Crippen molar-refractivity contribution in [3.05, 3.63) is 65.7 Å². The Morgan fingerprint density at radius 1 is 0.818 bits per heavy atom. The van der Waals surface area contributed by atoms with Gasteiger partial charge in [-0.25, -0.2) is 4.79 Å². The van der Waals surface area contributed by atoms with E-state index < -0.39 is 11.8 Å². The molecule has 4 nitrogen and oxygen atoms in total. The summed E-state index contributed by atoms with van der Waals surface area (Å²) in [6.07, 6.45) is -0.769. The predicted octanol–water partition coefficient (Wildman–Crippen LogP) is 4.23. The molecule has 0 amide bonds. The number of rotatable bonds is 3. The number of ketones is 1. The second-order valence-electron chi connectivity index (χ2n) is 5.79. The number of benzene rings is 2. The SMILES string of the molecule is CC(C)(C)OC(=O)Oc1ccc(C(=O)c2ccccc2)cc1. The first kappa shape index (κ1) is 15.8. The van der Waals surface area contributed by atoms with E-state index in [2.05, 4.69) is 0 Å². The molecule has 0 aliphatic carbocycles. The van der Waals surface area contributed by atoms with Gasteiger partial charge in [-0.05, 0) is 45.0 Å². The Balaban J connectivity index is 2.05. The van der Waals surface area contributed by atoms with Crippen LogP contribution >= 0.6 is 0 Å². The first-order chi connectivity index (χ1) is 10.3. The molecule has 0 spiro atoms. The molecule has 0 heterocycles. The normalized spacial score (nSPS) is 10.9. The van der Waals surface area contributed by atoms with Crippen molar-refractivity contribution in [2.24, 2.45) is 0 Å². The zero-order valence-corrected chi connectivity index (χ0v) is 12.8. The average Bonchev–Trinajstić information content (AvgIpc) is 2.46. The molecule has 2 rings (SSSR count). The third-order valence-electron chi connectivity index (χ3n) is 2.74. The highest BCUT2D eigenvalue weighted by Gasteiger charge is 2.18. The topological polar surface area (TPSA) is 52.6 Å². The Labute approximate surface area is 129 Å². The van der Waals surface area contributed by atoms with Gasteiger partial charge < -0.3 is 9.47 Å². The van der Waals surface area contributed by atoms with Gasteiger partial charge in [0.05, 0.1) is 0 Å². The largest absolute Gasteiger partial charge is 0.514 e. The van der Waals surface area contributed by atoms with E-state index in [1.54, 1.807) is 57.2 Å². The minimum absolute atomic E-state index is 0.0792. The first-order valence-electron chi connectivity index (χ1n) is 6.96. The van der Waals surface area contributed by atoms with Crippen molar-refractivity contribution in [1.82, 2.24) is 0 Å². The maximum atomic E-state index is 12.2. The lowest BCUT2D eigenvalue weighted by Crippen LogP contribution is -2.25. The molecule has 0 fully saturated rings. The van der Waals surface area contributed by atoms with Gasteiger partial charge in [-0.15, -0.1) is 0 Å². The van der Waals surface area contributed by atoms with E-state index in [0.29, 0.717) is 16.9 Å². The first-order valence-corrected chi connectivity index (χ1v) is 6.96. The molecule has 0 bridgehead atoms. The van der Waals surface area contributed by atoms with E-state index in [-0.39, 0.29) is 5.78 Å². The number of hydrogen-bond donors (Lipinski definition) is 0. The summed E-state index contributed by atoms with van der Waals surface area (Å²) in [5.74, 6) is 0.253. The van der Waals surface area contributed by atoms with Crippen LogP contribution in [0, 0.1) is 0 Å². The second kappa shape index (κ2) is 6.43. The Morgan fingerprint density at radius 2 is 1.36 bits per heavy atom. The third kappa shape index (κ3) is 4.45. The van der Waals surface area contributed by atoms with E-state index >= 15 is 0 Å². The molecule has 4 heteroatoms. The fourth-order valence-electron chi connectivity index (χ4n) is 1.80. The quantitative estimate of drug-likeness (QED) is 0.483. The highest BCUT2D eigenvalue weighted by molar-refractivity contribution is 6.09. The van der Waals surface area contributed by atoms with Gasteiger partial charge in [-0.3, -0.25) is 4.79 Å². The molecule has 22 heavy (non-hydrogen) atoms. The van der Waals surface area contributed by atoms with Crippen LogP contribution in [0.5, 0.6) is 5.75 Å². The van der Waals surface area contributed by atoms with Crippen molar-refractivity contribution in [2.75, 3.05) is 0 Å². The summed E-state index contributed by atoms with van der Waals surface area (Å²) in [5, 5.41) is 0. The maximum absolute atomic E-state index is 12.2. The maximum Gasteiger partial charge on any atom is 0.514 e. The van der Waals surface area contributed by atoms with E-state index in [1.165, 1.54) is 0 Å². The summed E-state index contributed by atoms with van der Waals surface area (Å²) in [4.78, 5) is 23.8. The fraction of sp³-hybridized carbons (Fsp3) is 0.222. The Morgan fingerprint density at radius 3 is 1.91 bits per heavy atom. The number of ether oxygens (including phenoxy) is 2. The van der Waals surface area contributed by atoms with Gasteiger partial charge in [0, 0.05) is 11.1 Å². The van der Waals surface area contributed by atoms with E-state index in [0.717, 1.165) is 0 Å². The van der Waals surface area contributed by atoms with Gasteiger partial charge in [-0.2, -0.15) is 0 Å². The summed E-state index contributed by atoms with van der Waals surface area (Å²) < 4.78 is 10.1. The molecule has 0 aromatic heterocycles. The van der Waals surface area contributed by atoms with Crippen molar-refractivity contribution in [3.8, 4) is 5.75 Å². The average molecular weight is 298 g/mol. The predicted molar refractivity (Wildman–Crippen MR) is 83.2 cm³/mol. The van der Waals surface area contributed by atoms with Crippen molar-refractivity contribution in [3.63, 3.8) is 0 Å². The standard InChI is InChI=1S/C18H18O4/c1-18(2,3)22-17(20)21-15-11-9-14(10-12-15)16(19)13-7-5-4-6-8-13/h4-12H,1-3H3. The van der Waals surface area contributed by atoms with Crippen LogP contribution in [0.4, 0.5) is 4.79 Å². The molecule has 0 saturated heterocycles. The van der Waals surface area contributed by atoms with Gasteiger partial charge >= 0.3 is 6.16 Å². The summed E-state index contributed by atoms with van der Waals surface area (Å²) in [6, 6.07) is 15.4. The molecule has 0 aliphatic heterocycles. The minimum atomic E-state index is -0.769. The van der Waals surface area contributed by atoms with Crippen LogP contribution in [0.15, 0.2) is 54.6 Å². The van der Waals surface area contributed by atoms with Crippen LogP contribution in [-0.4, -0.2) is 17.5 Å². The fourth-order valence-corrected chi connectivity index (χ4v) is 1.80. The number of hydrogen-bond acceptors (Lipinski definition) is 4. The number of carbonyl (C=O) groups excluding carboxylic acids is 2. The lowest BCUT2D eigenvalue weighted by atomic mass is 10.0. The monoisotopic (exact) mass is 298 g/mol. The smallest absolute Gasteiger partial charge is 0.428 e. The second-order valence-corrected chi connectivity index (χ2v) is 5.79. The highest BCUT2D eigenvalue weighted by Crippen LogP contribution is 2.17. The number of carbonyl (C=O) groups is 2. The van der Waals surface area contributed by atoms with Crippen molar-refractivity contribution in [2.45, 2.75) is 26.4 Å². The summed E-state index contributed by atoms with van der Waals surface area (Å²) in [7, 11) is 0. The Bertz CT molecular complexity index is 652. The van der Waals surface area contributed by atoms with Crippen LogP contribution in [0.1, 0.15) is 36.7 Å². The minimum Gasteiger partial charge on any atom is -0.428 e. The lowest BCUT2D eigenvalue weighted by molar-refractivity contribution is 0.0206. The zero-order valence-electron chi connectivity index (χ0n) is 12.8. The Kier molecular flexibility index (Phi) is 4.61. The molecule has 0 saturated carbocycles. The van der Waals surface area contributed by atoms with Crippen molar-refractivity contribution < 1.29 is 19.1 Å². The van der Waals surface area contributed by atoms with Crippen LogP contribution in [-0.2, 0) is 4.74 Å². The van der Waals surface area contributed by atoms with Gasteiger partial charge in [-0.1, -0.05) is 30.3 Å². The lowest BCUT2D eigenvalue weighted by Gasteiger charge is -2.18. The molecular formula is C18H18O4. The van der Waals surface area contributed by atoms with E-state index in [1.807, 2.05) is 18.2 Å². The molecule has 2 aromatic carbocycles. The van der Waals surface area contributed by atoms with Crippen LogP contribution in [0.2, 0.25) is 0 Å². The molecule has 0 N–H and O–H groups in total. The van der Waals surface area contributed by atoms with Crippen LogP contribution < -0.4 is 4.74 Å². The van der Waals surface area contributed by atoms with Gasteiger partial charge in [0.2, 0.25) is 0 Å². The van der Waals surface area contributed by atoms with Gasteiger partial charge in [0.15, 0.2) is 5.78 Å². The highest BCUT2D eigenvalue weighted by atomic mass is 16.7. The summed E-state index contributed by atoms with van der Waals surface area (Å²) >= 11 is 0. The Hall–Kier alpha value is -2.62. The van der Waals surface area contributed by atoms with Gasteiger partial charge in [0.1, 0.15) is 11.4 Å². The molecule has 0 aliphatic rings. The summed E-state index contributed by atoms with van der Waals surface area (Å²) in [5.41, 5.74) is 0.534. The molecular weight excluding hydrogens is 280 g/mol. The molecule has 0 atom stereocenters. The van der Waals surface area contributed by atoms with E-state index in [9.17, 15) is 9.59 Å². The molecule has 0 unspecified atom stereocenters. The van der Waals surface area contributed by atoms with Crippen molar-refractivity contribution >= 4 is 11.9 Å². The molecule has 114 valence electrons.